The van der Waals surface area contributed by atoms with Gasteiger partial charge in [-0.15, -0.1) is 0 Å². The van der Waals surface area contributed by atoms with Crippen molar-refractivity contribution in [2.75, 3.05) is 7.11 Å². The summed E-state index contributed by atoms with van der Waals surface area (Å²) >= 11 is 0. The van der Waals surface area contributed by atoms with Crippen molar-refractivity contribution in [1.82, 2.24) is 5.16 Å². The van der Waals surface area contributed by atoms with Crippen LogP contribution in [-0.4, -0.2) is 23.3 Å². The summed E-state index contributed by atoms with van der Waals surface area (Å²) in [6.45, 7) is 3.85. The highest BCUT2D eigenvalue weighted by molar-refractivity contribution is 5.85. The highest BCUT2D eigenvalue weighted by Gasteiger charge is 2.14. The highest BCUT2D eigenvalue weighted by Crippen LogP contribution is 2.29. The molecule has 0 fully saturated rings. The van der Waals surface area contributed by atoms with Crippen LogP contribution in [0.4, 0.5) is 0 Å². The van der Waals surface area contributed by atoms with E-state index in [1.807, 2.05) is 26.0 Å². The number of benzene rings is 1. The molecule has 2 rings (SSSR count). The zero-order chi connectivity index (χ0) is 13.3. The molecule has 0 bridgehead atoms. The third-order valence-electron chi connectivity index (χ3n) is 2.68. The van der Waals surface area contributed by atoms with E-state index in [9.17, 15) is 4.79 Å². The molecule has 0 radical (unpaired) electrons. The number of rotatable bonds is 3. The van der Waals surface area contributed by atoms with Gasteiger partial charge in [-0.05, 0) is 37.1 Å². The molecule has 0 saturated heterocycles. The lowest BCUT2D eigenvalue weighted by molar-refractivity contribution is 0.0652. The van der Waals surface area contributed by atoms with E-state index in [0.29, 0.717) is 5.69 Å². The number of ether oxygens (including phenoxy) is 1. The number of aryl methyl sites for hydroxylation is 2. The molecule has 5 nitrogen and oxygen atoms in total. The smallest absolute Gasteiger partial charge is 0.374 e. The second kappa shape index (κ2) is 4.52. The second-order valence-corrected chi connectivity index (χ2v) is 4.02. The van der Waals surface area contributed by atoms with Crippen molar-refractivity contribution >= 4 is 5.97 Å². The molecule has 0 aliphatic rings. The molecule has 5 heteroatoms. The molecule has 0 saturated carbocycles. The van der Waals surface area contributed by atoms with Gasteiger partial charge < -0.3 is 14.4 Å². The van der Waals surface area contributed by atoms with Crippen molar-refractivity contribution in [3.63, 3.8) is 0 Å². The molecule has 0 atom stereocenters. The van der Waals surface area contributed by atoms with E-state index in [4.69, 9.17) is 14.4 Å². The van der Waals surface area contributed by atoms with Crippen molar-refractivity contribution in [2.45, 2.75) is 13.8 Å². The third-order valence-corrected chi connectivity index (χ3v) is 2.68. The number of nitrogens with zero attached hydrogens (tertiary/aromatic N) is 1. The number of carboxylic acids is 1. The van der Waals surface area contributed by atoms with Crippen LogP contribution in [-0.2, 0) is 0 Å². The van der Waals surface area contributed by atoms with E-state index in [-0.39, 0.29) is 5.76 Å². The first-order chi connectivity index (χ1) is 8.52. The van der Waals surface area contributed by atoms with Gasteiger partial charge in [0.15, 0.2) is 0 Å². The lowest BCUT2D eigenvalue weighted by atomic mass is 10.0. The molecule has 18 heavy (non-hydrogen) atoms. The predicted molar refractivity (Wildman–Crippen MR) is 64.9 cm³/mol. The van der Waals surface area contributed by atoms with Crippen LogP contribution in [0.5, 0.6) is 5.75 Å². The summed E-state index contributed by atoms with van der Waals surface area (Å²) < 4.78 is 10.0. The van der Waals surface area contributed by atoms with Gasteiger partial charge in [0.05, 0.1) is 7.11 Å². The maximum atomic E-state index is 10.7. The average molecular weight is 247 g/mol. The first-order valence-corrected chi connectivity index (χ1v) is 5.38. The van der Waals surface area contributed by atoms with Gasteiger partial charge in [-0.1, -0.05) is 5.16 Å². The molecule has 94 valence electrons. The Morgan fingerprint density at radius 1 is 1.28 bits per heavy atom. The number of hydrogen-bond donors (Lipinski definition) is 1. The Labute approximate surface area is 104 Å². The fourth-order valence-corrected chi connectivity index (χ4v) is 1.93. The Hall–Kier alpha value is -2.30. The van der Waals surface area contributed by atoms with Crippen LogP contribution in [0.3, 0.4) is 0 Å². The topological polar surface area (TPSA) is 72.6 Å². The van der Waals surface area contributed by atoms with Crippen LogP contribution in [0.2, 0.25) is 0 Å². The van der Waals surface area contributed by atoms with E-state index in [1.54, 1.807) is 7.11 Å². The minimum absolute atomic E-state index is 0.170. The van der Waals surface area contributed by atoms with E-state index in [0.717, 1.165) is 22.4 Å². The predicted octanol–water partition coefficient (Wildman–Crippen LogP) is 2.67. The van der Waals surface area contributed by atoms with Crippen molar-refractivity contribution < 1.29 is 19.2 Å². The van der Waals surface area contributed by atoms with Crippen molar-refractivity contribution in [1.29, 1.82) is 0 Å². The molecule has 0 spiro atoms. The second-order valence-electron chi connectivity index (χ2n) is 4.02. The first kappa shape index (κ1) is 12.2. The summed E-state index contributed by atoms with van der Waals surface area (Å²) in [5, 5.41) is 12.5. The minimum Gasteiger partial charge on any atom is -0.496 e. The van der Waals surface area contributed by atoms with Gasteiger partial charge in [-0.2, -0.15) is 0 Å². The zero-order valence-electron chi connectivity index (χ0n) is 10.4. The Balaban J connectivity index is 2.47. The van der Waals surface area contributed by atoms with Gasteiger partial charge in [-0.25, -0.2) is 4.79 Å². The Morgan fingerprint density at radius 2 is 1.89 bits per heavy atom. The fourth-order valence-electron chi connectivity index (χ4n) is 1.93. The Bertz CT molecular complexity index is 578. The standard InChI is InChI=1S/C13H13NO4/c1-7-4-9(5-8(2)12(7)17-3)10-6-11(13(15)16)18-14-10/h4-6H,1-3H3,(H,15,16). The SMILES string of the molecule is COc1c(C)cc(-c2cc(C(=O)O)on2)cc1C. The molecule has 1 aromatic heterocycles. The highest BCUT2D eigenvalue weighted by atomic mass is 16.5. The van der Waals surface area contributed by atoms with Gasteiger partial charge in [0, 0.05) is 11.6 Å². The molecule has 0 aliphatic heterocycles. The maximum absolute atomic E-state index is 10.7. The van der Waals surface area contributed by atoms with Crippen molar-refractivity contribution in [2.24, 2.45) is 0 Å². The van der Waals surface area contributed by atoms with Crippen LogP contribution in [0, 0.1) is 13.8 Å². The van der Waals surface area contributed by atoms with E-state index < -0.39 is 5.97 Å². The number of aromatic nitrogens is 1. The van der Waals surface area contributed by atoms with Crippen LogP contribution in [0.25, 0.3) is 11.3 Å². The lowest BCUT2D eigenvalue weighted by Crippen LogP contribution is -1.92. The Morgan fingerprint density at radius 3 is 2.33 bits per heavy atom. The van der Waals surface area contributed by atoms with Crippen molar-refractivity contribution in [3.05, 3.63) is 35.1 Å². The minimum atomic E-state index is -1.13. The molecule has 0 amide bonds. The quantitative estimate of drug-likeness (QED) is 0.902. The van der Waals surface area contributed by atoms with Gasteiger partial charge in [0.2, 0.25) is 5.76 Å². The Kier molecular flexibility index (Phi) is 3.06. The largest absolute Gasteiger partial charge is 0.496 e. The van der Waals surface area contributed by atoms with Gasteiger partial charge in [0.25, 0.3) is 0 Å². The first-order valence-electron chi connectivity index (χ1n) is 5.38. The summed E-state index contributed by atoms with van der Waals surface area (Å²) in [6, 6.07) is 5.17. The summed E-state index contributed by atoms with van der Waals surface area (Å²) in [4.78, 5) is 10.7. The number of methoxy groups -OCH3 is 1. The lowest BCUT2D eigenvalue weighted by Gasteiger charge is -2.09. The van der Waals surface area contributed by atoms with Crippen LogP contribution in [0.1, 0.15) is 21.7 Å². The number of carboxylic acid groups (broad SMARTS) is 1. The summed E-state index contributed by atoms with van der Waals surface area (Å²) in [6.07, 6.45) is 0. The number of hydrogen-bond acceptors (Lipinski definition) is 4. The molecule has 0 unspecified atom stereocenters. The molecule has 2 aromatic rings. The number of aromatic carboxylic acids is 1. The zero-order valence-corrected chi connectivity index (χ0v) is 10.4. The normalized spacial score (nSPS) is 10.4. The molecule has 1 aromatic carbocycles. The van der Waals surface area contributed by atoms with Gasteiger partial charge in [-0.3, -0.25) is 0 Å². The molecule has 0 aliphatic carbocycles. The summed E-state index contributed by atoms with van der Waals surface area (Å²) in [5.74, 6) is -0.479. The van der Waals surface area contributed by atoms with Gasteiger partial charge in [0.1, 0.15) is 11.4 Å². The number of carbonyl (C=O) groups is 1. The third kappa shape index (κ3) is 2.07. The van der Waals surface area contributed by atoms with Crippen LogP contribution >= 0.6 is 0 Å². The molecule has 1 N–H and O–H groups in total. The van der Waals surface area contributed by atoms with E-state index in [2.05, 4.69) is 5.16 Å². The van der Waals surface area contributed by atoms with Crippen molar-refractivity contribution in [3.8, 4) is 17.0 Å². The van der Waals surface area contributed by atoms with E-state index >= 15 is 0 Å². The van der Waals surface area contributed by atoms with E-state index in [1.165, 1.54) is 6.07 Å². The summed E-state index contributed by atoms with van der Waals surface area (Å²) in [7, 11) is 1.62. The average Bonchev–Trinajstić information content (AvgIpc) is 2.77. The maximum Gasteiger partial charge on any atom is 0.374 e. The van der Waals surface area contributed by atoms with Gasteiger partial charge >= 0.3 is 5.97 Å². The molecule has 1 heterocycles. The monoisotopic (exact) mass is 247 g/mol. The summed E-state index contributed by atoms with van der Waals surface area (Å²) in [5.41, 5.74) is 3.24. The van der Waals surface area contributed by atoms with Crippen LogP contribution < -0.4 is 4.74 Å². The fraction of sp³-hybridized carbons (Fsp3) is 0.231. The van der Waals surface area contributed by atoms with Crippen LogP contribution in [0.15, 0.2) is 22.7 Å². The molecular weight excluding hydrogens is 234 g/mol. The molecular formula is C13H13NO4.